The van der Waals surface area contributed by atoms with Crippen LogP contribution < -0.4 is 9.47 Å². The SMILES string of the molecule is CO[C@]12C=C3C(=O)c4c(O)c(CCC(C)(C)O)c5c(c4O[C@]34[C@H](C1)C(C)(C)O[C@]4(C/C=C(/C)C(=O)O)C2=O)C(C)(C)[C@H](C)O5. The van der Waals surface area contributed by atoms with Crippen LogP contribution in [0.5, 0.6) is 17.2 Å². The lowest BCUT2D eigenvalue weighted by Crippen LogP contribution is -2.77. The van der Waals surface area contributed by atoms with Crippen LogP contribution in [-0.4, -0.2) is 74.1 Å². The van der Waals surface area contributed by atoms with Gasteiger partial charge in [0.1, 0.15) is 34.5 Å². The van der Waals surface area contributed by atoms with E-state index in [1.165, 1.54) is 26.2 Å². The second-order valence-electron chi connectivity index (χ2n) is 14.9. The van der Waals surface area contributed by atoms with E-state index < -0.39 is 56.9 Å². The van der Waals surface area contributed by atoms with E-state index in [4.69, 9.17) is 18.9 Å². The number of Topliss-reactive ketones (excluding diaryl/α,β-unsaturated/α-hetero) is 2. The van der Waals surface area contributed by atoms with E-state index in [1.807, 2.05) is 34.6 Å². The van der Waals surface area contributed by atoms with Gasteiger partial charge in [-0.2, -0.15) is 0 Å². The molecule has 3 aliphatic carbocycles. The summed E-state index contributed by atoms with van der Waals surface area (Å²) in [6, 6.07) is 0. The van der Waals surface area contributed by atoms with Crippen LogP contribution in [0.15, 0.2) is 23.3 Å². The number of phenolic OH excluding ortho intramolecular Hbond substituents is 1. The lowest BCUT2D eigenvalue weighted by Gasteiger charge is -2.59. The number of aromatic hydroxyl groups is 1. The van der Waals surface area contributed by atoms with Crippen molar-refractivity contribution >= 4 is 17.5 Å². The Hall–Kier alpha value is -3.21. The summed E-state index contributed by atoms with van der Waals surface area (Å²) in [6.07, 6.45) is 3.19. The average Bonchev–Trinajstić information content (AvgIpc) is 3.24. The lowest BCUT2D eigenvalue weighted by molar-refractivity contribution is -0.190. The first kappa shape index (κ1) is 30.8. The zero-order valence-electron chi connectivity index (χ0n) is 26.8. The molecule has 4 bridgehead atoms. The molecule has 0 radical (unpaired) electrons. The number of carbonyl (C=O) groups excluding carboxylic acids is 2. The summed E-state index contributed by atoms with van der Waals surface area (Å²) in [6.45, 7) is 14.3. The van der Waals surface area contributed by atoms with Gasteiger partial charge in [-0.1, -0.05) is 19.9 Å². The third-order valence-corrected chi connectivity index (χ3v) is 11.0. The van der Waals surface area contributed by atoms with Gasteiger partial charge in [0.2, 0.25) is 5.78 Å². The number of rotatable bonds is 7. The third-order valence-electron chi connectivity index (χ3n) is 11.0. The number of benzene rings is 1. The van der Waals surface area contributed by atoms with Gasteiger partial charge in [-0.25, -0.2) is 4.79 Å². The highest BCUT2D eigenvalue weighted by Gasteiger charge is 2.84. The number of aliphatic carboxylic acids is 1. The van der Waals surface area contributed by atoms with Crippen molar-refractivity contribution in [3.05, 3.63) is 40.0 Å². The van der Waals surface area contributed by atoms with Gasteiger partial charge in [-0.3, -0.25) is 9.59 Å². The molecule has 238 valence electrons. The van der Waals surface area contributed by atoms with Crippen LogP contribution in [0.2, 0.25) is 0 Å². The number of hydrogen-bond donors (Lipinski definition) is 3. The van der Waals surface area contributed by atoms with Crippen LogP contribution in [0, 0.1) is 5.92 Å². The fourth-order valence-corrected chi connectivity index (χ4v) is 8.19. The van der Waals surface area contributed by atoms with Crippen LogP contribution in [0.3, 0.4) is 0 Å². The van der Waals surface area contributed by atoms with Crippen LogP contribution in [-0.2, 0) is 30.9 Å². The van der Waals surface area contributed by atoms with E-state index in [-0.39, 0.29) is 53.6 Å². The van der Waals surface area contributed by atoms with Gasteiger partial charge < -0.3 is 34.3 Å². The molecule has 1 aromatic carbocycles. The zero-order valence-corrected chi connectivity index (χ0v) is 26.8. The monoisotopic (exact) mass is 610 g/mol. The van der Waals surface area contributed by atoms with Crippen molar-refractivity contribution in [3.63, 3.8) is 0 Å². The minimum absolute atomic E-state index is 0.0204. The molecule has 1 saturated heterocycles. The molecule has 0 aromatic heterocycles. The number of carboxylic acids is 1. The van der Waals surface area contributed by atoms with Gasteiger partial charge in [0, 0.05) is 47.1 Å². The Balaban J connectivity index is 1.67. The fraction of sp³-hybridized carbons (Fsp3) is 0.618. The maximum absolute atomic E-state index is 14.9. The average molecular weight is 611 g/mol. The Morgan fingerprint density at radius 1 is 1.18 bits per heavy atom. The molecule has 3 N–H and O–H groups in total. The first-order chi connectivity index (χ1) is 20.2. The molecule has 1 spiro atoms. The number of hydrogen-bond acceptors (Lipinski definition) is 9. The van der Waals surface area contributed by atoms with Crippen LogP contribution in [0.25, 0.3) is 0 Å². The predicted octanol–water partition coefficient (Wildman–Crippen LogP) is 4.35. The number of ether oxygens (including phenoxy) is 4. The van der Waals surface area contributed by atoms with Crippen molar-refractivity contribution in [2.24, 2.45) is 5.92 Å². The van der Waals surface area contributed by atoms with Gasteiger partial charge >= 0.3 is 5.97 Å². The predicted molar refractivity (Wildman–Crippen MR) is 158 cm³/mol. The molecule has 6 aliphatic rings. The first-order valence-electron chi connectivity index (χ1n) is 15.2. The van der Waals surface area contributed by atoms with Gasteiger partial charge in [-0.15, -0.1) is 0 Å². The highest BCUT2D eigenvalue weighted by molar-refractivity contribution is 6.20. The normalized spacial score (nSPS) is 34.1. The summed E-state index contributed by atoms with van der Waals surface area (Å²) < 4.78 is 26.1. The smallest absolute Gasteiger partial charge is 0.330 e. The van der Waals surface area contributed by atoms with Crippen molar-refractivity contribution in [2.75, 3.05) is 7.11 Å². The van der Waals surface area contributed by atoms with Gasteiger partial charge in [0.15, 0.2) is 17.0 Å². The fourth-order valence-electron chi connectivity index (χ4n) is 8.19. The molecule has 3 heterocycles. The number of phenols is 1. The van der Waals surface area contributed by atoms with Crippen LogP contribution >= 0.6 is 0 Å². The number of ketones is 2. The molecule has 10 nitrogen and oxygen atoms in total. The summed E-state index contributed by atoms with van der Waals surface area (Å²) in [5.41, 5.74) is -6.42. The van der Waals surface area contributed by atoms with E-state index in [9.17, 15) is 29.7 Å². The molecular formula is C34H42O10. The molecule has 1 saturated carbocycles. The molecule has 10 heteroatoms. The Kier molecular flexibility index (Phi) is 6.26. The number of aliphatic hydroxyl groups is 1. The minimum atomic E-state index is -1.79. The van der Waals surface area contributed by atoms with Crippen LogP contribution in [0.1, 0.15) is 96.1 Å². The third kappa shape index (κ3) is 3.61. The van der Waals surface area contributed by atoms with E-state index >= 15 is 0 Å². The maximum Gasteiger partial charge on any atom is 0.330 e. The molecule has 5 atom stereocenters. The summed E-state index contributed by atoms with van der Waals surface area (Å²) in [5, 5.41) is 32.0. The summed E-state index contributed by atoms with van der Waals surface area (Å²) in [7, 11) is 1.41. The van der Waals surface area contributed by atoms with E-state index in [0.717, 1.165) is 0 Å². The zero-order chi connectivity index (χ0) is 32.6. The summed E-state index contributed by atoms with van der Waals surface area (Å²) in [4.78, 5) is 41.3. The molecular weight excluding hydrogens is 568 g/mol. The van der Waals surface area contributed by atoms with Crippen molar-refractivity contribution in [1.82, 2.24) is 0 Å². The Bertz CT molecular complexity index is 1590. The quantitative estimate of drug-likeness (QED) is 0.381. The number of fused-ring (bicyclic) bond motifs is 3. The largest absolute Gasteiger partial charge is 0.507 e. The van der Waals surface area contributed by atoms with E-state index in [1.54, 1.807) is 13.8 Å². The van der Waals surface area contributed by atoms with E-state index in [0.29, 0.717) is 23.3 Å². The van der Waals surface area contributed by atoms with Gasteiger partial charge in [-0.05, 0) is 66.9 Å². The molecule has 7 rings (SSSR count). The molecule has 2 fully saturated rings. The maximum atomic E-state index is 14.9. The Morgan fingerprint density at radius 3 is 2.43 bits per heavy atom. The Morgan fingerprint density at radius 2 is 1.84 bits per heavy atom. The van der Waals surface area contributed by atoms with Crippen molar-refractivity contribution in [2.45, 2.75) is 121 Å². The molecule has 3 aliphatic heterocycles. The first-order valence-corrected chi connectivity index (χ1v) is 15.2. The lowest BCUT2D eigenvalue weighted by atomic mass is 9.49. The molecule has 1 aromatic rings. The molecule has 0 amide bonds. The second kappa shape index (κ2) is 8.95. The van der Waals surface area contributed by atoms with Gasteiger partial charge in [0.25, 0.3) is 0 Å². The van der Waals surface area contributed by atoms with Gasteiger partial charge in [0.05, 0.1) is 11.2 Å². The van der Waals surface area contributed by atoms with Crippen molar-refractivity contribution < 1.29 is 48.7 Å². The number of methoxy groups -OCH3 is 1. The highest BCUT2D eigenvalue weighted by atomic mass is 16.6. The van der Waals surface area contributed by atoms with Crippen molar-refractivity contribution in [1.29, 1.82) is 0 Å². The Labute approximate surface area is 257 Å². The number of carboxylic acid groups (broad SMARTS) is 1. The summed E-state index contributed by atoms with van der Waals surface area (Å²) >= 11 is 0. The second-order valence-corrected chi connectivity index (χ2v) is 14.9. The minimum Gasteiger partial charge on any atom is -0.507 e. The van der Waals surface area contributed by atoms with Crippen LogP contribution in [0.4, 0.5) is 0 Å². The highest BCUT2D eigenvalue weighted by Crippen LogP contribution is 2.70. The topological polar surface area (TPSA) is 149 Å². The molecule has 0 unspecified atom stereocenters. The summed E-state index contributed by atoms with van der Waals surface area (Å²) in [5.74, 6) is -2.35. The number of carbonyl (C=O) groups is 3. The molecule has 44 heavy (non-hydrogen) atoms. The standard InChI is InChI=1S/C34H42O10/c1-16(27(37)38)10-13-33-28(39)32(41-9)14-19-24(36)21-23(35)18(11-12-29(3,4)40)25-22(30(5,6)17(2)42-25)26(21)43-34(19,33)20(15-32)31(7,8)44-33/h10,14,17,20,35,40H,11-13,15H2,1-9H3,(H,37,38)/b16-10-/t17-,20+,32+,33+,34-/m0/s1. The van der Waals surface area contributed by atoms with Crippen molar-refractivity contribution in [3.8, 4) is 17.2 Å². The van der Waals surface area contributed by atoms with E-state index in [2.05, 4.69) is 0 Å².